The molecule has 2 nitrogen and oxygen atoms in total. The molecule has 67 heavy (non-hydrogen) atoms. The largest absolute Gasteiger partial charge is 0.310 e. The van der Waals surface area contributed by atoms with Gasteiger partial charge in [0.25, 0.3) is 0 Å². The second-order valence-corrected chi connectivity index (χ2v) is 23.9. The van der Waals surface area contributed by atoms with Gasteiger partial charge in [0, 0.05) is 27.4 Å². The Labute approximate surface area is 394 Å². The molecule has 15 rings (SSSR count). The highest BCUT2D eigenvalue weighted by molar-refractivity contribution is 7.19. The molecule has 5 aliphatic rings. The molecule has 0 atom stereocenters. The van der Waals surface area contributed by atoms with Crippen LogP contribution in [0.15, 0.2) is 231 Å². The maximum Gasteiger partial charge on any atom is 0.179 e. The predicted molar refractivity (Wildman–Crippen MR) is 282 cm³/mol. The zero-order valence-electron chi connectivity index (χ0n) is 37.7. The van der Waals surface area contributed by atoms with Crippen LogP contribution in [-0.4, -0.2) is 12.6 Å². The summed E-state index contributed by atoms with van der Waals surface area (Å²) in [5.74, 6) is 3.24. The highest BCUT2D eigenvalue weighted by Gasteiger charge is 2.61. The molecular formula is C64H52N2Si. The molecule has 0 radical (unpaired) electrons. The number of hydrogen-bond donors (Lipinski definition) is 0. The van der Waals surface area contributed by atoms with E-state index in [-0.39, 0.29) is 5.41 Å². The van der Waals surface area contributed by atoms with Gasteiger partial charge in [-0.05, 0) is 136 Å². The minimum atomic E-state index is -2.74. The molecule has 0 N–H and O–H groups in total. The fourth-order valence-electron chi connectivity index (χ4n) is 14.7. The van der Waals surface area contributed by atoms with Crippen LogP contribution >= 0.6 is 0 Å². The Kier molecular flexibility index (Phi) is 8.83. The molecule has 9 aromatic carbocycles. The maximum atomic E-state index is 2.61. The molecule has 1 aromatic heterocycles. The Morgan fingerprint density at radius 3 is 1.48 bits per heavy atom. The lowest BCUT2D eigenvalue weighted by Crippen LogP contribution is -2.74. The normalized spacial score (nSPS) is 20.0. The lowest BCUT2D eigenvalue weighted by Gasteiger charge is -2.64. The molecule has 4 aliphatic carbocycles. The van der Waals surface area contributed by atoms with Crippen molar-refractivity contribution in [1.29, 1.82) is 0 Å². The van der Waals surface area contributed by atoms with Crippen LogP contribution in [0.3, 0.4) is 0 Å². The SMILES string of the molecule is c1ccc([Si](c2ccccc2)(c2ccccc2)c2cccc(-c3ccccc3-n3c4ccccc4c4cc(N5c6ccccc6C6(c7ccccc75)C5CC7CC(C5)CC6C7)ccc43)c2)cc1. The summed E-state index contributed by atoms with van der Waals surface area (Å²) in [6.45, 7) is 0. The molecule has 1 spiro atoms. The molecule has 322 valence electrons. The van der Waals surface area contributed by atoms with Crippen LogP contribution in [-0.2, 0) is 5.41 Å². The first-order chi connectivity index (χ1) is 33.2. The summed E-state index contributed by atoms with van der Waals surface area (Å²) in [5, 5.41) is 8.04. The number of fused-ring (bicyclic) bond motifs is 5. The third-order valence-corrected chi connectivity index (χ3v) is 21.7. The van der Waals surface area contributed by atoms with Gasteiger partial charge in [0.1, 0.15) is 0 Å². The zero-order valence-corrected chi connectivity index (χ0v) is 38.7. The van der Waals surface area contributed by atoms with Crippen molar-refractivity contribution in [3.8, 4) is 16.8 Å². The van der Waals surface area contributed by atoms with Crippen LogP contribution in [0.4, 0.5) is 17.1 Å². The first-order valence-corrected chi connectivity index (χ1v) is 26.6. The zero-order chi connectivity index (χ0) is 44.1. The van der Waals surface area contributed by atoms with E-state index in [2.05, 4.69) is 240 Å². The highest BCUT2D eigenvalue weighted by Crippen LogP contribution is 2.69. The molecule has 10 aromatic rings. The van der Waals surface area contributed by atoms with Crippen molar-refractivity contribution >= 4 is 67.7 Å². The average molecular weight is 877 g/mol. The molecule has 4 bridgehead atoms. The lowest BCUT2D eigenvalue weighted by molar-refractivity contribution is -0.0419. The Morgan fingerprint density at radius 2 is 0.866 bits per heavy atom. The molecular weight excluding hydrogens is 825 g/mol. The van der Waals surface area contributed by atoms with Gasteiger partial charge in [-0.2, -0.15) is 0 Å². The van der Waals surface area contributed by atoms with Crippen molar-refractivity contribution in [3.05, 3.63) is 242 Å². The van der Waals surface area contributed by atoms with Gasteiger partial charge in [0.15, 0.2) is 8.07 Å². The highest BCUT2D eigenvalue weighted by atomic mass is 28.3. The summed E-state index contributed by atoms with van der Waals surface area (Å²) in [6.07, 6.45) is 6.97. The molecule has 3 heteroatoms. The monoisotopic (exact) mass is 876 g/mol. The molecule has 0 amide bonds. The summed E-state index contributed by atoms with van der Waals surface area (Å²) in [4.78, 5) is 2.61. The molecule has 4 fully saturated rings. The number of rotatable bonds is 7. The third kappa shape index (κ3) is 5.61. The number of para-hydroxylation sites is 4. The molecule has 0 unspecified atom stereocenters. The van der Waals surface area contributed by atoms with Gasteiger partial charge in [-0.1, -0.05) is 188 Å². The van der Waals surface area contributed by atoms with Crippen molar-refractivity contribution < 1.29 is 0 Å². The van der Waals surface area contributed by atoms with Gasteiger partial charge in [-0.3, -0.25) is 0 Å². The fourth-order valence-corrected chi connectivity index (χ4v) is 19.4. The van der Waals surface area contributed by atoms with E-state index in [1.54, 1.807) is 11.1 Å². The maximum absolute atomic E-state index is 2.74. The summed E-state index contributed by atoms with van der Waals surface area (Å²) in [7, 11) is -2.74. The van der Waals surface area contributed by atoms with E-state index in [9.17, 15) is 0 Å². The number of nitrogens with zero attached hydrogens (tertiary/aromatic N) is 2. The summed E-state index contributed by atoms with van der Waals surface area (Å²) < 4.78 is 2.52. The van der Waals surface area contributed by atoms with E-state index < -0.39 is 8.07 Å². The van der Waals surface area contributed by atoms with Gasteiger partial charge < -0.3 is 9.47 Å². The van der Waals surface area contributed by atoms with Crippen molar-refractivity contribution in [2.75, 3.05) is 4.90 Å². The van der Waals surface area contributed by atoms with Crippen LogP contribution in [0, 0.1) is 23.7 Å². The Hall–Kier alpha value is -7.20. The van der Waals surface area contributed by atoms with Crippen molar-refractivity contribution in [2.45, 2.75) is 37.5 Å². The molecule has 2 heterocycles. The second-order valence-electron chi connectivity index (χ2n) is 20.0. The predicted octanol–water partition coefficient (Wildman–Crippen LogP) is 13.4. The van der Waals surface area contributed by atoms with Crippen LogP contribution in [0.2, 0.25) is 0 Å². The van der Waals surface area contributed by atoms with Crippen molar-refractivity contribution in [3.63, 3.8) is 0 Å². The summed E-state index contributed by atoms with van der Waals surface area (Å²) in [6, 6.07) is 87.6. The molecule has 1 aliphatic heterocycles. The van der Waals surface area contributed by atoms with Gasteiger partial charge in [-0.25, -0.2) is 0 Å². The lowest BCUT2D eigenvalue weighted by atomic mass is 9.41. The summed E-state index contributed by atoms with van der Waals surface area (Å²) >= 11 is 0. The first-order valence-electron chi connectivity index (χ1n) is 24.6. The standard InChI is InChI=1S/C64H52N2Si/c1-4-20-50(21-5-1)67(51-22-6-2-7-23-51,52-24-8-3-9-25-52)53-26-18-19-46(42-53)54-27-10-14-31-59(54)66-60-32-15-11-28-55(60)56-43-49(35-36-61(56)66)65-62-33-16-12-29-57(62)64(58-30-13-17-34-63(58)65)47-38-44-37-45(40-47)41-48(64)39-44/h1-36,42-45,47-48H,37-41H2. The number of aromatic nitrogens is 1. The summed E-state index contributed by atoms with van der Waals surface area (Å²) in [5.41, 5.74) is 13.2. The molecule has 4 saturated carbocycles. The Balaban J connectivity index is 0.940. The van der Waals surface area contributed by atoms with Gasteiger partial charge in [-0.15, -0.1) is 0 Å². The van der Waals surface area contributed by atoms with E-state index >= 15 is 0 Å². The Bertz CT molecular complexity index is 3320. The average Bonchev–Trinajstić information content (AvgIpc) is 3.72. The van der Waals surface area contributed by atoms with Crippen LogP contribution in [0.5, 0.6) is 0 Å². The van der Waals surface area contributed by atoms with E-state index in [4.69, 9.17) is 0 Å². The third-order valence-electron chi connectivity index (χ3n) is 16.9. The van der Waals surface area contributed by atoms with Crippen LogP contribution in [0.1, 0.15) is 43.2 Å². The van der Waals surface area contributed by atoms with Crippen molar-refractivity contribution in [1.82, 2.24) is 4.57 Å². The smallest absolute Gasteiger partial charge is 0.179 e. The first kappa shape index (κ1) is 39.0. The van der Waals surface area contributed by atoms with Crippen LogP contribution in [0.25, 0.3) is 38.6 Å². The van der Waals surface area contributed by atoms with Gasteiger partial charge in [0.05, 0.1) is 28.1 Å². The van der Waals surface area contributed by atoms with E-state index in [1.807, 2.05) is 0 Å². The number of benzene rings is 9. The quantitative estimate of drug-likeness (QED) is 0.114. The van der Waals surface area contributed by atoms with E-state index in [0.717, 1.165) is 11.8 Å². The van der Waals surface area contributed by atoms with Gasteiger partial charge in [0.2, 0.25) is 0 Å². The topological polar surface area (TPSA) is 8.17 Å². The van der Waals surface area contributed by atoms with E-state index in [1.165, 1.54) is 109 Å². The minimum absolute atomic E-state index is 0.0870. The number of hydrogen-bond acceptors (Lipinski definition) is 1. The number of anilines is 3. The van der Waals surface area contributed by atoms with Crippen molar-refractivity contribution in [2.24, 2.45) is 23.7 Å². The van der Waals surface area contributed by atoms with Gasteiger partial charge >= 0.3 is 0 Å². The fraction of sp³-hybridized carbons (Fsp3) is 0.156. The van der Waals surface area contributed by atoms with E-state index in [0.29, 0.717) is 11.8 Å². The molecule has 0 saturated heterocycles. The second kappa shape index (κ2) is 15.2. The Morgan fingerprint density at radius 1 is 0.373 bits per heavy atom. The minimum Gasteiger partial charge on any atom is -0.310 e. The van der Waals surface area contributed by atoms with Crippen LogP contribution < -0.4 is 25.6 Å².